The van der Waals surface area contributed by atoms with Crippen molar-refractivity contribution in [3.63, 3.8) is 0 Å². The molecule has 0 aliphatic rings. The van der Waals surface area contributed by atoms with E-state index in [1.54, 1.807) is 52.0 Å². The maximum Gasteiger partial charge on any atom is 0.258 e. The van der Waals surface area contributed by atoms with Crippen LogP contribution in [0.15, 0.2) is 34.5 Å². The SMILES string of the molecule is CCOc1ccc(OCC)c(NC(=O)C(N=Nc2ccc(Cl)c(OCC)c2OCC)C(C)=O)c1Cl. The van der Waals surface area contributed by atoms with Crippen molar-refractivity contribution in [2.24, 2.45) is 10.2 Å². The lowest BCUT2D eigenvalue weighted by Gasteiger charge is -2.17. The third kappa shape index (κ3) is 7.22. The van der Waals surface area contributed by atoms with Gasteiger partial charge in [-0.25, -0.2) is 0 Å². The van der Waals surface area contributed by atoms with Gasteiger partial charge in [0.15, 0.2) is 17.3 Å². The third-order valence-corrected chi connectivity index (χ3v) is 5.12. The first-order valence-corrected chi connectivity index (χ1v) is 11.9. The van der Waals surface area contributed by atoms with Gasteiger partial charge in [-0.15, -0.1) is 0 Å². The Morgan fingerprint density at radius 1 is 0.857 bits per heavy atom. The molecule has 1 N–H and O–H groups in total. The molecule has 1 atom stereocenters. The maximum absolute atomic E-state index is 13.1. The molecule has 0 saturated heterocycles. The van der Waals surface area contributed by atoms with Gasteiger partial charge in [-0.05, 0) is 58.9 Å². The van der Waals surface area contributed by atoms with E-state index in [0.29, 0.717) is 48.7 Å². The molecule has 9 nitrogen and oxygen atoms in total. The van der Waals surface area contributed by atoms with Crippen molar-refractivity contribution in [3.8, 4) is 23.0 Å². The van der Waals surface area contributed by atoms with Crippen LogP contribution in [0, 0.1) is 0 Å². The number of azo groups is 1. The summed E-state index contributed by atoms with van der Waals surface area (Å²) in [5, 5.41) is 11.2. The number of nitrogens with zero attached hydrogens (tertiary/aromatic N) is 2. The molecular weight excluding hydrogens is 497 g/mol. The van der Waals surface area contributed by atoms with Crippen LogP contribution in [0.1, 0.15) is 34.6 Å². The predicted molar refractivity (Wildman–Crippen MR) is 135 cm³/mol. The Morgan fingerprint density at radius 3 is 2.03 bits per heavy atom. The van der Waals surface area contributed by atoms with E-state index in [9.17, 15) is 9.59 Å². The molecule has 35 heavy (non-hydrogen) atoms. The molecular formula is C24H29Cl2N3O6. The van der Waals surface area contributed by atoms with E-state index in [2.05, 4.69) is 15.5 Å². The summed E-state index contributed by atoms with van der Waals surface area (Å²) in [6.07, 6.45) is 0. The van der Waals surface area contributed by atoms with E-state index in [0.717, 1.165) is 0 Å². The zero-order chi connectivity index (χ0) is 26.0. The maximum atomic E-state index is 13.1. The quantitative estimate of drug-likeness (QED) is 0.244. The van der Waals surface area contributed by atoms with Crippen LogP contribution >= 0.6 is 23.2 Å². The third-order valence-electron chi connectivity index (χ3n) is 4.45. The number of hydrogen-bond donors (Lipinski definition) is 1. The molecule has 0 saturated carbocycles. The molecule has 11 heteroatoms. The van der Waals surface area contributed by atoms with Crippen LogP contribution in [0.2, 0.25) is 10.0 Å². The average molecular weight is 526 g/mol. The Bertz CT molecular complexity index is 1080. The highest BCUT2D eigenvalue weighted by molar-refractivity contribution is 6.36. The van der Waals surface area contributed by atoms with Crippen molar-refractivity contribution >= 4 is 46.3 Å². The van der Waals surface area contributed by atoms with Crippen LogP contribution in [0.25, 0.3) is 0 Å². The smallest absolute Gasteiger partial charge is 0.258 e. The Kier molecular flexibility index (Phi) is 11.1. The molecule has 0 bridgehead atoms. The van der Waals surface area contributed by atoms with Gasteiger partial charge in [0.2, 0.25) is 6.04 Å². The largest absolute Gasteiger partial charge is 0.492 e. The number of ether oxygens (including phenoxy) is 4. The first-order chi connectivity index (χ1) is 16.8. The fraction of sp³-hybridized carbons (Fsp3) is 0.417. The second kappa shape index (κ2) is 13.7. The van der Waals surface area contributed by atoms with Crippen molar-refractivity contribution in [2.75, 3.05) is 31.7 Å². The Hall–Kier alpha value is -3.04. The number of amides is 1. The Labute approximate surface area is 214 Å². The van der Waals surface area contributed by atoms with Crippen LogP contribution < -0.4 is 24.3 Å². The lowest BCUT2D eigenvalue weighted by molar-refractivity contribution is -0.126. The highest BCUT2D eigenvalue weighted by atomic mass is 35.5. The van der Waals surface area contributed by atoms with Gasteiger partial charge in [-0.3, -0.25) is 9.59 Å². The fourth-order valence-corrected chi connectivity index (χ4v) is 3.46. The highest BCUT2D eigenvalue weighted by Crippen LogP contribution is 2.43. The number of hydrogen-bond acceptors (Lipinski definition) is 8. The summed E-state index contributed by atoms with van der Waals surface area (Å²) in [7, 11) is 0. The summed E-state index contributed by atoms with van der Waals surface area (Å²) in [6.45, 7) is 9.81. The van der Waals surface area contributed by atoms with E-state index in [1.165, 1.54) is 6.92 Å². The van der Waals surface area contributed by atoms with Gasteiger partial charge in [0.05, 0.1) is 31.5 Å². The lowest BCUT2D eigenvalue weighted by Crippen LogP contribution is -2.32. The van der Waals surface area contributed by atoms with Crippen LogP contribution in [0.4, 0.5) is 11.4 Å². The van der Waals surface area contributed by atoms with Gasteiger partial charge in [0.25, 0.3) is 5.91 Å². The monoisotopic (exact) mass is 525 g/mol. The lowest BCUT2D eigenvalue weighted by atomic mass is 10.2. The van der Waals surface area contributed by atoms with E-state index < -0.39 is 17.7 Å². The number of carbonyl (C=O) groups excluding carboxylic acids is 2. The number of anilines is 1. The number of ketones is 1. The van der Waals surface area contributed by atoms with Gasteiger partial charge in [0, 0.05) is 0 Å². The van der Waals surface area contributed by atoms with Crippen molar-refractivity contribution in [1.82, 2.24) is 0 Å². The van der Waals surface area contributed by atoms with Crippen molar-refractivity contribution in [1.29, 1.82) is 0 Å². The molecule has 0 heterocycles. The molecule has 0 aliphatic carbocycles. The molecule has 1 amide bonds. The van der Waals surface area contributed by atoms with Crippen molar-refractivity contribution in [3.05, 3.63) is 34.3 Å². The minimum atomic E-state index is -1.46. The number of nitrogens with one attached hydrogen (secondary N) is 1. The normalized spacial score (nSPS) is 11.7. The Balaban J connectivity index is 2.42. The molecule has 2 rings (SSSR count). The minimum absolute atomic E-state index is 0.142. The van der Waals surface area contributed by atoms with Crippen molar-refractivity contribution < 1.29 is 28.5 Å². The molecule has 0 aliphatic heterocycles. The number of benzene rings is 2. The number of rotatable bonds is 13. The molecule has 0 radical (unpaired) electrons. The van der Waals surface area contributed by atoms with E-state index in [1.807, 2.05) is 0 Å². The summed E-state index contributed by atoms with van der Waals surface area (Å²) in [5.74, 6) is -0.0179. The molecule has 0 aromatic heterocycles. The van der Waals surface area contributed by atoms with Gasteiger partial charge >= 0.3 is 0 Å². The zero-order valence-corrected chi connectivity index (χ0v) is 21.8. The number of carbonyl (C=O) groups is 2. The number of halogens is 2. The summed E-state index contributed by atoms with van der Waals surface area (Å²) < 4.78 is 22.3. The summed E-state index contributed by atoms with van der Waals surface area (Å²) >= 11 is 12.7. The fourth-order valence-electron chi connectivity index (χ4n) is 3.00. The van der Waals surface area contributed by atoms with Gasteiger partial charge in [-0.1, -0.05) is 23.2 Å². The van der Waals surface area contributed by atoms with Crippen LogP contribution in [0.5, 0.6) is 23.0 Å². The van der Waals surface area contributed by atoms with Crippen LogP contribution in [-0.4, -0.2) is 44.2 Å². The molecule has 0 fully saturated rings. The van der Waals surface area contributed by atoms with Gasteiger partial charge in [0.1, 0.15) is 27.9 Å². The predicted octanol–water partition coefficient (Wildman–Crippen LogP) is 6.27. The summed E-state index contributed by atoms with van der Waals surface area (Å²) in [4.78, 5) is 25.4. The van der Waals surface area contributed by atoms with Gasteiger partial charge in [-0.2, -0.15) is 10.2 Å². The van der Waals surface area contributed by atoms with E-state index in [-0.39, 0.29) is 22.1 Å². The van der Waals surface area contributed by atoms with E-state index in [4.69, 9.17) is 42.1 Å². The topological polar surface area (TPSA) is 108 Å². The van der Waals surface area contributed by atoms with Crippen LogP contribution in [-0.2, 0) is 9.59 Å². The molecule has 2 aromatic rings. The van der Waals surface area contributed by atoms with Crippen LogP contribution in [0.3, 0.4) is 0 Å². The first-order valence-electron chi connectivity index (χ1n) is 11.2. The molecule has 0 spiro atoms. The van der Waals surface area contributed by atoms with Crippen molar-refractivity contribution in [2.45, 2.75) is 40.7 Å². The minimum Gasteiger partial charge on any atom is -0.492 e. The summed E-state index contributed by atoms with van der Waals surface area (Å²) in [6, 6.07) is 4.93. The number of Topliss-reactive ketones (excluding diaryl/α,β-unsaturated/α-hetero) is 1. The molecule has 2 aromatic carbocycles. The second-order valence-corrected chi connectivity index (χ2v) is 7.71. The first kappa shape index (κ1) is 28.2. The average Bonchev–Trinajstić information content (AvgIpc) is 2.81. The highest BCUT2D eigenvalue weighted by Gasteiger charge is 2.27. The van der Waals surface area contributed by atoms with Gasteiger partial charge < -0.3 is 24.3 Å². The Morgan fingerprint density at radius 2 is 1.43 bits per heavy atom. The zero-order valence-electron chi connectivity index (χ0n) is 20.3. The second-order valence-electron chi connectivity index (χ2n) is 6.93. The summed E-state index contributed by atoms with van der Waals surface area (Å²) in [5.41, 5.74) is 0.427. The molecule has 190 valence electrons. The standard InChI is InChI=1S/C24H29Cl2N3O6/c1-6-32-17-12-13-18(33-7-2)21(19(17)26)27-24(31)20(14(5)30)29-28-16-11-10-15(25)22(34-8-3)23(16)35-9-4/h10-13,20H,6-9H2,1-5H3,(H,27,31). The van der Waals surface area contributed by atoms with E-state index >= 15 is 0 Å². The molecule has 1 unspecified atom stereocenters.